The Kier molecular flexibility index (Phi) is 6.75. The lowest BCUT2D eigenvalue weighted by Gasteiger charge is -2.42. The van der Waals surface area contributed by atoms with Crippen molar-refractivity contribution in [1.29, 1.82) is 0 Å². The van der Waals surface area contributed by atoms with Gasteiger partial charge in [-0.3, -0.25) is 4.90 Å². The van der Waals surface area contributed by atoms with Crippen molar-refractivity contribution in [2.75, 3.05) is 50.0 Å². The van der Waals surface area contributed by atoms with Gasteiger partial charge in [0.15, 0.2) is 10.9 Å². The molecule has 248 valence electrons. The topological polar surface area (TPSA) is 131 Å². The van der Waals surface area contributed by atoms with E-state index in [4.69, 9.17) is 27.1 Å². The van der Waals surface area contributed by atoms with Crippen LogP contribution >= 0.6 is 22.9 Å². The normalized spacial score (nSPS) is 25.2. The number of nitrogens with two attached hydrogens (primary N) is 1. The molecule has 2 unspecified atom stereocenters. The Morgan fingerprint density at radius 1 is 1.15 bits per heavy atom. The van der Waals surface area contributed by atoms with Gasteiger partial charge in [-0.25, -0.2) is 27.9 Å². The van der Waals surface area contributed by atoms with E-state index in [1.165, 1.54) is 29.5 Å². The maximum absolute atomic E-state index is 16.9. The fraction of sp³-hybridized carbons (Fsp3) is 0.419. The first-order valence-electron chi connectivity index (χ1n) is 15.7. The van der Waals surface area contributed by atoms with E-state index in [1.807, 2.05) is 4.90 Å². The van der Waals surface area contributed by atoms with Crippen LogP contribution < -0.4 is 15.4 Å². The van der Waals surface area contributed by atoms with Crippen LogP contribution in [0.3, 0.4) is 0 Å². The van der Waals surface area contributed by atoms with E-state index in [-0.39, 0.29) is 67.6 Å². The Morgan fingerprint density at radius 3 is 2.85 bits per heavy atom. The van der Waals surface area contributed by atoms with Gasteiger partial charge in [-0.2, -0.15) is 19.7 Å². The van der Waals surface area contributed by atoms with Gasteiger partial charge in [-0.15, -0.1) is 0 Å². The fourth-order valence-electron chi connectivity index (χ4n) is 8.02. The number of carbonyl (C=O) groups excluding carboxylic acids is 1. The number of ether oxygens (including phenoxy) is 1. The van der Waals surface area contributed by atoms with Crippen molar-refractivity contribution < 1.29 is 22.7 Å². The molecule has 1 amide bonds. The van der Waals surface area contributed by atoms with Gasteiger partial charge in [0, 0.05) is 55.0 Å². The monoisotopic (exact) mass is 696 g/mol. The molecule has 4 aliphatic rings. The first-order valence-corrected chi connectivity index (χ1v) is 16.9. The first kappa shape index (κ1) is 29.8. The van der Waals surface area contributed by atoms with Crippen LogP contribution in [0.2, 0.25) is 5.02 Å². The van der Waals surface area contributed by atoms with Crippen LogP contribution in [0.4, 0.5) is 28.9 Å². The number of halogens is 4. The third-order valence-electron chi connectivity index (χ3n) is 10.3. The molecule has 48 heavy (non-hydrogen) atoms. The van der Waals surface area contributed by atoms with Crippen LogP contribution in [0.5, 0.6) is 6.01 Å². The number of nitrogens with zero attached hydrogens (tertiary/aromatic N) is 9. The molecule has 4 saturated heterocycles. The standard InChI is InChI=1S/C31H28ClF3N10O2S/c32-19-6-18-24(23(35)22(19)17-2-3-20(34)26-25(17)39-28(36)48-26)40-29(47-12-31-4-1-5-43(31)10-16(33)7-31)41-27(18)42-8-15-9-44(21(15)11-42)30(46)45-14-37-13-38-45/h2-3,6,13-16,21H,1,4-5,7-12H2,(H2,36,39)/t15?,16-,21?,31+/m1/s1. The predicted octanol–water partition coefficient (Wildman–Crippen LogP) is 4.76. The number of likely N-dealkylation sites (tertiary alicyclic amines) is 1. The molecule has 4 aliphatic heterocycles. The summed E-state index contributed by atoms with van der Waals surface area (Å²) in [5.41, 5.74) is 5.86. The van der Waals surface area contributed by atoms with Crippen molar-refractivity contribution >= 4 is 61.0 Å². The number of thiazole rings is 1. The summed E-state index contributed by atoms with van der Waals surface area (Å²) < 4.78 is 53.7. The summed E-state index contributed by atoms with van der Waals surface area (Å²) in [5.74, 6) is -0.716. The number of fused-ring (bicyclic) bond motifs is 4. The SMILES string of the molecule is Nc1nc2c(-c3c(Cl)cc4c(N5CC6CN(C(=O)n7cncn7)C6C5)nc(OC[C@@]56CCCN5C[C@H](F)C6)nc4c3F)ccc(F)c2s1. The zero-order valence-corrected chi connectivity index (χ0v) is 26.9. The summed E-state index contributed by atoms with van der Waals surface area (Å²) in [4.78, 5) is 36.4. The highest BCUT2D eigenvalue weighted by atomic mass is 35.5. The van der Waals surface area contributed by atoms with Crippen molar-refractivity contribution in [2.24, 2.45) is 5.92 Å². The second-order valence-corrected chi connectivity index (χ2v) is 14.4. The average Bonchev–Trinajstić information content (AvgIpc) is 3.87. The van der Waals surface area contributed by atoms with E-state index < -0.39 is 23.3 Å². The van der Waals surface area contributed by atoms with E-state index in [9.17, 15) is 13.6 Å². The van der Waals surface area contributed by atoms with Gasteiger partial charge >= 0.3 is 12.0 Å². The molecule has 3 aromatic heterocycles. The molecule has 12 nitrogen and oxygen atoms in total. The van der Waals surface area contributed by atoms with E-state index in [0.29, 0.717) is 43.8 Å². The summed E-state index contributed by atoms with van der Waals surface area (Å²) in [6.07, 6.45) is 3.79. The molecule has 0 radical (unpaired) electrons. The van der Waals surface area contributed by atoms with Crippen LogP contribution in [0.15, 0.2) is 30.9 Å². The first-order chi connectivity index (χ1) is 23.2. The second-order valence-electron chi connectivity index (χ2n) is 13.0. The Labute approximate surface area is 280 Å². The molecule has 0 saturated carbocycles. The summed E-state index contributed by atoms with van der Waals surface area (Å²) in [6.45, 7) is 2.80. The van der Waals surface area contributed by atoms with Gasteiger partial charge in [-0.05, 0) is 37.6 Å². The van der Waals surface area contributed by atoms with Gasteiger partial charge in [0.05, 0.1) is 26.8 Å². The Balaban J connectivity index is 1.13. The molecule has 0 spiro atoms. The van der Waals surface area contributed by atoms with E-state index >= 15 is 4.39 Å². The Hall–Kier alpha value is -4.28. The number of rotatable bonds is 5. The quantitative estimate of drug-likeness (QED) is 0.275. The lowest BCUT2D eigenvalue weighted by atomic mass is 9.93. The van der Waals surface area contributed by atoms with E-state index in [1.54, 1.807) is 11.0 Å². The largest absolute Gasteiger partial charge is 0.461 e. The maximum atomic E-state index is 16.9. The number of aromatic nitrogens is 6. The molecule has 0 aliphatic carbocycles. The van der Waals surface area contributed by atoms with Crippen LogP contribution in [0, 0.1) is 17.6 Å². The van der Waals surface area contributed by atoms with Gasteiger partial charge in [0.1, 0.15) is 42.6 Å². The lowest BCUT2D eigenvalue weighted by Crippen LogP contribution is -2.59. The highest BCUT2D eigenvalue weighted by Gasteiger charge is 2.50. The average molecular weight is 697 g/mol. The number of anilines is 2. The molecule has 9 rings (SSSR count). The maximum Gasteiger partial charge on any atom is 0.346 e. The van der Waals surface area contributed by atoms with Crippen molar-refractivity contribution in [1.82, 2.24) is 39.5 Å². The molecule has 0 bridgehead atoms. The Bertz CT molecular complexity index is 2120. The van der Waals surface area contributed by atoms with Gasteiger partial charge in [0.25, 0.3) is 0 Å². The molecule has 2 aromatic carbocycles. The number of nitrogen functional groups attached to an aromatic ring is 1. The van der Waals surface area contributed by atoms with E-state index in [0.717, 1.165) is 30.7 Å². The number of carbonyl (C=O) groups is 1. The fourth-order valence-corrected chi connectivity index (χ4v) is 9.08. The zero-order chi connectivity index (χ0) is 32.9. The van der Waals surface area contributed by atoms with Crippen LogP contribution in [-0.2, 0) is 0 Å². The highest BCUT2D eigenvalue weighted by molar-refractivity contribution is 7.22. The molecule has 2 N–H and O–H groups in total. The molecule has 7 heterocycles. The van der Waals surface area contributed by atoms with Crippen LogP contribution in [-0.4, -0.2) is 103 Å². The van der Waals surface area contributed by atoms with Gasteiger partial charge < -0.3 is 20.3 Å². The molecule has 4 atom stereocenters. The van der Waals surface area contributed by atoms with Crippen molar-refractivity contribution in [3.05, 3.63) is 47.5 Å². The predicted molar refractivity (Wildman–Crippen MR) is 173 cm³/mol. The third kappa shape index (κ3) is 4.52. The third-order valence-corrected chi connectivity index (χ3v) is 11.4. The number of alkyl halides is 1. The lowest BCUT2D eigenvalue weighted by molar-refractivity contribution is 0.0822. The molecule has 17 heteroatoms. The van der Waals surface area contributed by atoms with Crippen molar-refractivity contribution in [2.45, 2.75) is 37.0 Å². The van der Waals surface area contributed by atoms with E-state index in [2.05, 4.69) is 25.0 Å². The van der Waals surface area contributed by atoms with Crippen molar-refractivity contribution in [3.8, 4) is 17.1 Å². The zero-order valence-electron chi connectivity index (χ0n) is 25.3. The molecule has 5 aromatic rings. The number of hydrogen-bond donors (Lipinski definition) is 1. The summed E-state index contributed by atoms with van der Waals surface area (Å²) in [6, 6.07) is 3.80. The molecular weight excluding hydrogens is 669 g/mol. The molecular formula is C31H28ClF3N10O2S. The summed E-state index contributed by atoms with van der Waals surface area (Å²) in [5, 5.41) is 4.52. The second kappa shape index (κ2) is 10.9. The minimum atomic E-state index is -0.945. The minimum Gasteiger partial charge on any atom is -0.461 e. The van der Waals surface area contributed by atoms with Gasteiger partial charge in [0.2, 0.25) is 0 Å². The minimum absolute atomic E-state index is 0.00205. The van der Waals surface area contributed by atoms with Crippen LogP contribution in [0.25, 0.3) is 32.2 Å². The number of benzene rings is 2. The number of amides is 1. The summed E-state index contributed by atoms with van der Waals surface area (Å²) in [7, 11) is 0. The highest BCUT2D eigenvalue weighted by Crippen LogP contribution is 2.45. The smallest absolute Gasteiger partial charge is 0.346 e. The van der Waals surface area contributed by atoms with Gasteiger partial charge in [-0.1, -0.05) is 22.9 Å². The van der Waals surface area contributed by atoms with Crippen molar-refractivity contribution in [3.63, 3.8) is 0 Å². The van der Waals surface area contributed by atoms with Crippen LogP contribution in [0.1, 0.15) is 19.3 Å². The molecule has 4 fully saturated rings. The summed E-state index contributed by atoms with van der Waals surface area (Å²) >= 11 is 7.78. The number of hydrogen-bond acceptors (Lipinski definition) is 11. The Morgan fingerprint density at radius 2 is 2.02 bits per heavy atom.